The summed E-state index contributed by atoms with van der Waals surface area (Å²) in [5, 5.41) is 4.86. The van der Waals surface area contributed by atoms with Crippen molar-refractivity contribution in [2.24, 2.45) is 0 Å². The van der Waals surface area contributed by atoms with E-state index in [1.165, 1.54) is 11.1 Å². The third-order valence-corrected chi connectivity index (χ3v) is 5.80. The summed E-state index contributed by atoms with van der Waals surface area (Å²) in [6.07, 6.45) is 4.41. The van der Waals surface area contributed by atoms with E-state index >= 15 is 0 Å². The van der Waals surface area contributed by atoms with Gasteiger partial charge in [0.1, 0.15) is 11.4 Å². The van der Waals surface area contributed by atoms with Gasteiger partial charge in [-0.15, -0.1) is 0 Å². The number of nitrogens with zero attached hydrogens (tertiary/aromatic N) is 5. The molecule has 4 rings (SSSR count). The van der Waals surface area contributed by atoms with Crippen LogP contribution in [0.4, 0.5) is 0 Å². The lowest BCUT2D eigenvalue weighted by Gasteiger charge is -2.23. The predicted molar refractivity (Wildman–Crippen MR) is 114 cm³/mol. The molecule has 1 unspecified atom stereocenters. The minimum atomic E-state index is 0.245. The van der Waals surface area contributed by atoms with E-state index in [-0.39, 0.29) is 6.04 Å². The second-order valence-corrected chi connectivity index (χ2v) is 8.01. The third-order valence-electron chi connectivity index (χ3n) is 5.80. The fourth-order valence-corrected chi connectivity index (χ4v) is 4.47. The molecule has 0 saturated heterocycles. The van der Waals surface area contributed by atoms with Crippen LogP contribution in [0.3, 0.4) is 0 Å². The van der Waals surface area contributed by atoms with Crippen LogP contribution in [0.2, 0.25) is 0 Å². The normalized spacial score (nSPS) is 16.4. The molecule has 0 saturated carbocycles. The van der Waals surface area contributed by atoms with Crippen LogP contribution in [0.15, 0.2) is 12.1 Å². The standard InChI is InChI=1S/C22H30N6/c1-8-17(9-2)18-11-14(5)26-28-20(16(7)24-22(18)28)19-15(6)23-21-12(3)10-13(4)25-27(19)21/h10-11,13,17,25H,8-9H2,1-7H3. The van der Waals surface area contributed by atoms with Crippen molar-refractivity contribution >= 4 is 11.2 Å². The van der Waals surface area contributed by atoms with Crippen molar-refractivity contribution in [3.05, 3.63) is 40.6 Å². The minimum absolute atomic E-state index is 0.245. The van der Waals surface area contributed by atoms with Crippen LogP contribution >= 0.6 is 0 Å². The van der Waals surface area contributed by atoms with Gasteiger partial charge in [0.05, 0.1) is 23.1 Å². The Hall–Kier alpha value is -2.63. The maximum absolute atomic E-state index is 4.97. The molecule has 148 valence electrons. The van der Waals surface area contributed by atoms with Gasteiger partial charge < -0.3 is 5.43 Å². The predicted octanol–water partition coefficient (Wildman–Crippen LogP) is 4.77. The van der Waals surface area contributed by atoms with Gasteiger partial charge in [0.15, 0.2) is 11.5 Å². The summed E-state index contributed by atoms with van der Waals surface area (Å²) in [5.74, 6) is 1.45. The molecule has 0 fully saturated rings. The molecule has 0 amide bonds. The van der Waals surface area contributed by atoms with Gasteiger partial charge in [0, 0.05) is 5.56 Å². The molecular weight excluding hydrogens is 348 g/mol. The van der Waals surface area contributed by atoms with Gasteiger partial charge in [-0.1, -0.05) is 19.9 Å². The Bertz CT molecular complexity index is 1080. The molecule has 3 aromatic heterocycles. The molecule has 28 heavy (non-hydrogen) atoms. The quantitative estimate of drug-likeness (QED) is 0.710. The highest BCUT2D eigenvalue weighted by molar-refractivity contribution is 5.72. The SMILES string of the molecule is CCC(CC)c1cc(C)nn2c(-c3c(C)nc4n3NC(C)C=C4C)c(C)nc12. The number of fused-ring (bicyclic) bond motifs is 2. The number of hydrogen-bond acceptors (Lipinski definition) is 4. The smallest absolute Gasteiger partial charge is 0.158 e. The number of allylic oxidation sites excluding steroid dienone is 1. The highest BCUT2D eigenvalue weighted by Crippen LogP contribution is 2.34. The first-order valence-corrected chi connectivity index (χ1v) is 10.3. The average molecular weight is 379 g/mol. The molecule has 1 atom stereocenters. The van der Waals surface area contributed by atoms with Crippen molar-refractivity contribution in [3.63, 3.8) is 0 Å². The topological polar surface area (TPSA) is 60.0 Å². The van der Waals surface area contributed by atoms with E-state index in [0.29, 0.717) is 5.92 Å². The molecule has 1 aliphatic rings. The van der Waals surface area contributed by atoms with E-state index in [1.807, 2.05) is 4.52 Å². The molecule has 0 radical (unpaired) electrons. The van der Waals surface area contributed by atoms with Crippen molar-refractivity contribution in [2.45, 2.75) is 73.3 Å². The van der Waals surface area contributed by atoms with Gasteiger partial charge in [-0.3, -0.25) is 0 Å². The second kappa shape index (κ2) is 6.76. The summed E-state index contributed by atoms with van der Waals surface area (Å²) >= 11 is 0. The molecule has 1 N–H and O–H groups in total. The Morgan fingerprint density at radius 1 is 1.04 bits per heavy atom. The van der Waals surface area contributed by atoms with Crippen molar-refractivity contribution < 1.29 is 0 Å². The van der Waals surface area contributed by atoms with Gasteiger partial charge in [0.25, 0.3) is 0 Å². The van der Waals surface area contributed by atoms with Gasteiger partial charge in [0.2, 0.25) is 0 Å². The van der Waals surface area contributed by atoms with E-state index in [9.17, 15) is 0 Å². The van der Waals surface area contributed by atoms with E-state index in [1.54, 1.807) is 0 Å². The minimum Gasteiger partial charge on any atom is -0.317 e. The van der Waals surface area contributed by atoms with Gasteiger partial charge in [-0.05, 0) is 65.0 Å². The van der Waals surface area contributed by atoms with E-state index in [4.69, 9.17) is 15.1 Å². The van der Waals surface area contributed by atoms with Crippen LogP contribution < -0.4 is 5.43 Å². The first kappa shape index (κ1) is 18.7. The maximum Gasteiger partial charge on any atom is 0.158 e. The first-order valence-electron chi connectivity index (χ1n) is 10.3. The summed E-state index contributed by atoms with van der Waals surface area (Å²) in [6, 6.07) is 2.45. The third kappa shape index (κ3) is 2.74. The Morgan fingerprint density at radius 2 is 1.71 bits per heavy atom. The largest absolute Gasteiger partial charge is 0.317 e. The molecule has 3 aromatic rings. The summed E-state index contributed by atoms with van der Waals surface area (Å²) in [4.78, 5) is 9.82. The lowest BCUT2D eigenvalue weighted by Crippen LogP contribution is -2.29. The zero-order valence-electron chi connectivity index (χ0n) is 18.0. The summed E-state index contributed by atoms with van der Waals surface area (Å²) in [7, 11) is 0. The van der Waals surface area contributed by atoms with Crippen LogP contribution in [0, 0.1) is 20.8 Å². The first-order chi connectivity index (χ1) is 13.3. The molecule has 6 nitrogen and oxygen atoms in total. The number of nitrogens with one attached hydrogen (secondary N) is 1. The number of aromatic nitrogens is 5. The number of aryl methyl sites for hydroxylation is 3. The van der Waals surface area contributed by atoms with Crippen molar-refractivity contribution in [1.82, 2.24) is 24.3 Å². The Balaban J connectivity index is 2.02. The van der Waals surface area contributed by atoms with E-state index < -0.39 is 0 Å². The van der Waals surface area contributed by atoms with Crippen LogP contribution in [-0.4, -0.2) is 30.3 Å². The van der Waals surface area contributed by atoms with Crippen LogP contribution in [0.25, 0.3) is 22.6 Å². The molecular formula is C22H30N6. The molecule has 0 spiro atoms. The van der Waals surface area contributed by atoms with Crippen LogP contribution in [0.5, 0.6) is 0 Å². The molecule has 4 heterocycles. The van der Waals surface area contributed by atoms with Crippen LogP contribution in [0.1, 0.15) is 74.9 Å². The summed E-state index contributed by atoms with van der Waals surface area (Å²) < 4.78 is 4.15. The summed E-state index contributed by atoms with van der Waals surface area (Å²) in [6.45, 7) is 15.0. The Labute approximate surface area is 166 Å². The lowest BCUT2D eigenvalue weighted by molar-refractivity contribution is 0.638. The molecule has 0 aliphatic carbocycles. The van der Waals surface area contributed by atoms with Crippen LogP contribution in [-0.2, 0) is 0 Å². The molecule has 0 aromatic carbocycles. The Morgan fingerprint density at radius 3 is 2.39 bits per heavy atom. The van der Waals surface area contributed by atoms with E-state index in [2.05, 4.69) is 70.7 Å². The number of hydrogen-bond donors (Lipinski definition) is 1. The Kier molecular flexibility index (Phi) is 4.52. The second-order valence-electron chi connectivity index (χ2n) is 8.01. The highest BCUT2D eigenvalue weighted by Gasteiger charge is 2.27. The fourth-order valence-electron chi connectivity index (χ4n) is 4.47. The number of rotatable bonds is 4. The van der Waals surface area contributed by atoms with Gasteiger partial charge in [-0.25, -0.2) is 19.2 Å². The zero-order chi connectivity index (χ0) is 20.2. The van der Waals surface area contributed by atoms with Gasteiger partial charge >= 0.3 is 0 Å². The highest BCUT2D eigenvalue weighted by atomic mass is 15.5. The van der Waals surface area contributed by atoms with E-state index in [0.717, 1.165) is 52.8 Å². The van der Waals surface area contributed by atoms with Gasteiger partial charge in [-0.2, -0.15) is 5.10 Å². The molecule has 6 heteroatoms. The summed E-state index contributed by atoms with van der Waals surface area (Å²) in [5.41, 5.74) is 12.1. The monoisotopic (exact) mass is 378 g/mol. The molecule has 1 aliphatic heterocycles. The van der Waals surface area contributed by atoms with Crippen molar-refractivity contribution in [3.8, 4) is 11.4 Å². The number of imidazole rings is 2. The average Bonchev–Trinajstić information content (AvgIpc) is 3.12. The fraction of sp³-hybridized carbons (Fsp3) is 0.500. The zero-order valence-corrected chi connectivity index (χ0v) is 18.0. The van der Waals surface area contributed by atoms with Crippen molar-refractivity contribution in [2.75, 3.05) is 5.43 Å². The lowest BCUT2D eigenvalue weighted by atomic mass is 9.95. The molecule has 0 bridgehead atoms. The van der Waals surface area contributed by atoms with Crippen molar-refractivity contribution in [1.29, 1.82) is 0 Å². The maximum atomic E-state index is 4.97.